The summed E-state index contributed by atoms with van der Waals surface area (Å²) in [6.45, 7) is 1.45. The second-order valence-electron chi connectivity index (χ2n) is 3.89. The molecule has 0 spiro atoms. The number of hydrogen-bond donors (Lipinski definition) is 1. The van der Waals surface area contributed by atoms with Crippen molar-refractivity contribution in [2.75, 3.05) is 13.2 Å². The number of rotatable bonds is 2. The lowest BCUT2D eigenvalue weighted by atomic mass is 10.1. The summed E-state index contributed by atoms with van der Waals surface area (Å²) in [6.07, 6.45) is 2.04. The van der Waals surface area contributed by atoms with E-state index in [1.54, 1.807) is 0 Å². The highest BCUT2D eigenvalue weighted by Crippen LogP contribution is 2.09. The first-order valence-corrected chi connectivity index (χ1v) is 6.48. The van der Waals surface area contributed by atoms with E-state index in [0.717, 1.165) is 23.0 Å². The van der Waals surface area contributed by atoms with Crippen LogP contribution in [0.3, 0.4) is 0 Å². The van der Waals surface area contributed by atoms with Crippen molar-refractivity contribution in [1.82, 2.24) is 5.32 Å². The van der Waals surface area contributed by atoms with Gasteiger partial charge in [0.2, 0.25) is 0 Å². The lowest BCUT2D eigenvalue weighted by Crippen LogP contribution is -2.40. The van der Waals surface area contributed by atoms with Crippen molar-refractivity contribution in [2.24, 2.45) is 0 Å². The molecular formula is C12H14INO2. The van der Waals surface area contributed by atoms with Crippen molar-refractivity contribution < 1.29 is 9.53 Å². The summed E-state index contributed by atoms with van der Waals surface area (Å²) in [4.78, 5) is 11.9. The van der Waals surface area contributed by atoms with Crippen LogP contribution in [0.25, 0.3) is 0 Å². The minimum Gasteiger partial charge on any atom is -0.379 e. The fraction of sp³-hybridized carbons (Fsp3) is 0.417. The molecule has 1 unspecified atom stereocenters. The van der Waals surface area contributed by atoms with Gasteiger partial charge in [0.1, 0.15) is 0 Å². The molecule has 1 aromatic carbocycles. The van der Waals surface area contributed by atoms with E-state index in [1.165, 1.54) is 0 Å². The first-order valence-electron chi connectivity index (χ1n) is 5.40. The number of carbonyl (C=O) groups excluding carboxylic acids is 1. The van der Waals surface area contributed by atoms with Gasteiger partial charge >= 0.3 is 0 Å². The Morgan fingerprint density at radius 1 is 1.38 bits per heavy atom. The number of halogens is 1. The maximum Gasteiger partial charge on any atom is 0.251 e. The van der Waals surface area contributed by atoms with Gasteiger partial charge in [0.25, 0.3) is 5.91 Å². The van der Waals surface area contributed by atoms with Crippen LogP contribution >= 0.6 is 22.6 Å². The van der Waals surface area contributed by atoms with Crippen LogP contribution in [0.4, 0.5) is 0 Å². The molecule has 1 aliphatic rings. The first kappa shape index (κ1) is 11.9. The van der Waals surface area contributed by atoms with Crippen molar-refractivity contribution in [3.05, 3.63) is 33.4 Å². The Morgan fingerprint density at radius 3 is 2.75 bits per heavy atom. The predicted molar refractivity (Wildman–Crippen MR) is 70.5 cm³/mol. The van der Waals surface area contributed by atoms with E-state index in [-0.39, 0.29) is 11.9 Å². The fourth-order valence-electron chi connectivity index (χ4n) is 1.72. The maximum atomic E-state index is 11.9. The molecule has 1 amide bonds. The third-order valence-corrected chi connectivity index (χ3v) is 3.32. The minimum atomic E-state index is -0.00750. The van der Waals surface area contributed by atoms with Gasteiger partial charge in [-0.3, -0.25) is 4.79 Å². The molecule has 0 saturated carbocycles. The van der Waals surface area contributed by atoms with Crippen molar-refractivity contribution in [3.63, 3.8) is 0 Å². The van der Waals surface area contributed by atoms with Gasteiger partial charge in [-0.15, -0.1) is 0 Å². The summed E-state index contributed by atoms with van der Waals surface area (Å²) in [6, 6.07) is 7.74. The number of benzene rings is 1. The van der Waals surface area contributed by atoms with Gasteiger partial charge in [-0.25, -0.2) is 0 Å². The zero-order valence-electron chi connectivity index (χ0n) is 8.91. The van der Waals surface area contributed by atoms with Crippen LogP contribution in [0, 0.1) is 3.57 Å². The average molecular weight is 331 g/mol. The molecule has 1 heterocycles. The van der Waals surface area contributed by atoms with Crippen LogP contribution in [-0.4, -0.2) is 25.2 Å². The summed E-state index contributed by atoms with van der Waals surface area (Å²) >= 11 is 2.22. The third-order valence-electron chi connectivity index (χ3n) is 2.60. The summed E-state index contributed by atoms with van der Waals surface area (Å²) in [5.41, 5.74) is 0.714. The molecule has 0 aliphatic carbocycles. The first-order chi connectivity index (χ1) is 7.75. The van der Waals surface area contributed by atoms with E-state index >= 15 is 0 Å². The minimum absolute atomic E-state index is 0.00750. The average Bonchev–Trinajstić information content (AvgIpc) is 2.31. The molecule has 0 aromatic heterocycles. The van der Waals surface area contributed by atoms with Gasteiger partial charge in [0, 0.05) is 15.7 Å². The number of nitrogens with one attached hydrogen (secondary N) is 1. The van der Waals surface area contributed by atoms with Gasteiger partial charge < -0.3 is 10.1 Å². The van der Waals surface area contributed by atoms with Crippen molar-refractivity contribution in [2.45, 2.75) is 18.9 Å². The van der Waals surface area contributed by atoms with Gasteiger partial charge in [0.15, 0.2) is 0 Å². The fourth-order valence-corrected chi connectivity index (χ4v) is 2.08. The summed E-state index contributed by atoms with van der Waals surface area (Å²) in [5.74, 6) is -0.00750. The molecule has 4 heteroatoms. The standard InChI is InChI=1S/C12H14INO2/c13-10-5-3-9(4-6-10)12(15)14-11-2-1-7-16-8-11/h3-6,11H,1-2,7-8H2,(H,14,15). The Morgan fingerprint density at radius 2 is 2.12 bits per heavy atom. The van der Waals surface area contributed by atoms with Crippen LogP contribution in [-0.2, 0) is 4.74 Å². The molecule has 1 N–H and O–H groups in total. The Bertz CT molecular complexity index is 358. The topological polar surface area (TPSA) is 38.3 Å². The molecule has 0 bridgehead atoms. The smallest absolute Gasteiger partial charge is 0.251 e. The van der Waals surface area contributed by atoms with Gasteiger partial charge in [-0.1, -0.05) is 0 Å². The molecule has 86 valence electrons. The number of hydrogen-bond acceptors (Lipinski definition) is 2. The van der Waals surface area contributed by atoms with Gasteiger partial charge in [-0.2, -0.15) is 0 Å². The molecule has 1 saturated heterocycles. The van der Waals surface area contributed by atoms with Crippen LogP contribution in [0.2, 0.25) is 0 Å². The zero-order valence-corrected chi connectivity index (χ0v) is 11.1. The Kier molecular flexibility index (Phi) is 4.17. The van der Waals surface area contributed by atoms with E-state index in [0.29, 0.717) is 12.2 Å². The molecule has 3 nitrogen and oxygen atoms in total. The number of carbonyl (C=O) groups is 1. The molecule has 1 aromatic rings. The number of amides is 1. The van der Waals surface area contributed by atoms with E-state index in [2.05, 4.69) is 27.9 Å². The molecule has 0 radical (unpaired) electrons. The molecule has 2 rings (SSSR count). The van der Waals surface area contributed by atoms with Crippen molar-refractivity contribution in [1.29, 1.82) is 0 Å². The van der Waals surface area contributed by atoms with Crippen LogP contribution in [0.5, 0.6) is 0 Å². The van der Waals surface area contributed by atoms with E-state index in [4.69, 9.17) is 4.74 Å². The second-order valence-corrected chi connectivity index (χ2v) is 5.14. The van der Waals surface area contributed by atoms with Crippen LogP contribution in [0.1, 0.15) is 23.2 Å². The van der Waals surface area contributed by atoms with E-state index < -0.39 is 0 Å². The van der Waals surface area contributed by atoms with Crippen LogP contribution in [0.15, 0.2) is 24.3 Å². The summed E-state index contributed by atoms with van der Waals surface area (Å²) in [7, 11) is 0. The molecule has 1 atom stereocenters. The monoisotopic (exact) mass is 331 g/mol. The van der Waals surface area contributed by atoms with Crippen LogP contribution < -0.4 is 5.32 Å². The van der Waals surface area contributed by atoms with Gasteiger partial charge in [0.05, 0.1) is 12.6 Å². The molecule has 16 heavy (non-hydrogen) atoms. The Labute approximate surface area is 109 Å². The predicted octanol–water partition coefficient (Wildman–Crippen LogP) is 2.20. The summed E-state index contributed by atoms with van der Waals surface area (Å²) < 4.78 is 6.46. The van der Waals surface area contributed by atoms with E-state index in [9.17, 15) is 4.79 Å². The quantitative estimate of drug-likeness (QED) is 0.844. The largest absolute Gasteiger partial charge is 0.379 e. The highest BCUT2D eigenvalue weighted by Gasteiger charge is 2.16. The Balaban J connectivity index is 1.94. The lowest BCUT2D eigenvalue weighted by Gasteiger charge is -2.23. The van der Waals surface area contributed by atoms with E-state index in [1.807, 2.05) is 24.3 Å². The second kappa shape index (κ2) is 5.63. The Hall–Kier alpha value is -0.620. The van der Waals surface area contributed by atoms with Gasteiger partial charge in [-0.05, 0) is 59.7 Å². The number of ether oxygens (including phenoxy) is 1. The maximum absolute atomic E-state index is 11.9. The molecule has 1 aliphatic heterocycles. The molecule has 1 fully saturated rings. The normalized spacial score (nSPS) is 20.4. The summed E-state index contributed by atoms with van der Waals surface area (Å²) in [5, 5.41) is 2.99. The van der Waals surface area contributed by atoms with Crippen molar-refractivity contribution >= 4 is 28.5 Å². The third kappa shape index (κ3) is 3.18. The van der Waals surface area contributed by atoms with Crippen molar-refractivity contribution in [3.8, 4) is 0 Å². The lowest BCUT2D eigenvalue weighted by molar-refractivity contribution is 0.0624. The highest BCUT2D eigenvalue weighted by molar-refractivity contribution is 14.1. The zero-order chi connectivity index (χ0) is 11.4. The molecular weight excluding hydrogens is 317 g/mol. The highest BCUT2D eigenvalue weighted by atomic mass is 127. The SMILES string of the molecule is O=C(NC1CCCOC1)c1ccc(I)cc1.